The summed E-state index contributed by atoms with van der Waals surface area (Å²) in [5, 5.41) is 30.6. The minimum atomic E-state index is -1.14. The second-order valence-electron chi connectivity index (χ2n) is 6.66. The van der Waals surface area contributed by atoms with Crippen molar-refractivity contribution in [2.24, 2.45) is 5.92 Å². The molecule has 23 heavy (non-hydrogen) atoms. The lowest BCUT2D eigenvalue weighted by molar-refractivity contribution is 0.0692. The lowest BCUT2D eigenvalue weighted by Crippen LogP contribution is -2.15. The molecular formula is C19H26O4. The average molecular weight is 318 g/mol. The lowest BCUT2D eigenvalue weighted by Gasteiger charge is -2.29. The third-order valence-electron chi connectivity index (χ3n) is 4.82. The van der Waals surface area contributed by atoms with Crippen LogP contribution in [0.5, 0.6) is 11.5 Å². The van der Waals surface area contributed by atoms with E-state index in [2.05, 4.69) is 6.92 Å². The maximum Gasteiger partial charge on any atom is 0.339 e. The molecule has 0 saturated carbocycles. The molecule has 0 fully saturated rings. The Morgan fingerprint density at radius 2 is 2.04 bits per heavy atom. The Balaban J connectivity index is 2.59. The molecule has 1 aromatic carbocycles. The van der Waals surface area contributed by atoms with Gasteiger partial charge in [-0.05, 0) is 50.2 Å². The van der Waals surface area contributed by atoms with E-state index in [0.717, 1.165) is 25.7 Å². The molecule has 0 heterocycles. The van der Waals surface area contributed by atoms with Gasteiger partial charge in [0.05, 0.1) is 0 Å². The van der Waals surface area contributed by atoms with Gasteiger partial charge in [0.25, 0.3) is 0 Å². The first-order chi connectivity index (χ1) is 10.9. The van der Waals surface area contributed by atoms with Gasteiger partial charge in [-0.3, -0.25) is 0 Å². The first-order valence-electron chi connectivity index (χ1n) is 8.35. The summed E-state index contributed by atoms with van der Waals surface area (Å²) in [6.45, 7) is 6.12. The standard InChI is InChI=1S/C19H26O4/c1-4-5-6-13-10-15(20)17(18(21)16(13)19(22)23)14-9-11(2)7-8-12(14)3/h9-10,12,14,20-21H,4-8H2,1-3H3,(H,22,23)/t12-,14-/m1/s1. The van der Waals surface area contributed by atoms with Crippen LogP contribution in [0, 0.1) is 5.92 Å². The van der Waals surface area contributed by atoms with Crippen molar-refractivity contribution in [3.05, 3.63) is 34.4 Å². The summed E-state index contributed by atoms with van der Waals surface area (Å²) in [7, 11) is 0. The minimum absolute atomic E-state index is 0.00130. The first-order valence-corrected chi connectivity index (χ1v) is 8.35. The first kappa shape index (κ1) is 17.4. The second kappa shape index (κ2) is 7.07. The number of aromatic carboxylic acids is 1. The monoisotopic (exact) mass is 318 g/mol. The van der Waals surface area contributed by atoms with Crippen molar-refractivity contribution in [2.75, 3.05) is 0 Å². The highest BCUT2D eigenvalue weighted by atomic mass is 16.4. The zero-order valence-electron chi connectivity index (χ0n) is 14.1. The predicted octanol–water partition coefficient (Wildman–Crippen LogP) is 4.60. The van der Waals surface area contributed by atoms with E-state index in [0.29, 0.717) is 17.5 Å². The van der Waals surface area contributed by atoms with Crippen molar-refractivity contribution in [1.82, 2.24) is 0 Å². The number of aryl methyl sites for hydroxylation is 1. The van der Waals surface area contributed by atoms with Crippen molar-refractivity contribution >= 4 is 5.97 Å². The number of unbranched alkanes of at least 4 members (excludes halogenated alkanes) is 1. The maximum absolute atomic E-state index is 11.6. The van der Waals surface area contributed by atoms with E-state index in [1.165, 1.54) is 11.6 Å². The van der Waals surface area contributed by atoms with Crippen molar-refractivity contribution < 1.29 is 20.1 Å². The summed E-state index contributed by atoms with van der Waals surface area (Å²) < 4.78 is 0. The molecule has 0 amide bonds. The number of aromatic hydroxyl groups is 2. The van der Waals surface area contributed by atoms with Gasteiger partial charge >= 0.3 is 5.97 Å². The fourth-order valence-corrected chi connectivity index (χ4v) is 3.41. The molecule has 1 aliphatic rings. The van der Waals surface area contributed by atoms with Gasteiger partial charge in [0.15, 0.2) is 0 Å². The van der Waals surface area contributed by atoms with Crippen molar-refractivity contribution in [3.63, 3.8) is 0 Å². The Kier molecular flexibility index (Phi) is 5.34. The molecule has 1 aliphatic carbocycles. The minimum Gasteiger partial charge on any atom is -0.507 e. The Bertz CT molecular complexity index is 631. The van der Waals surface area contributed by atoms with Crippen LogP contribution in [0.25, 0.3) is 0 Å². The SMILES string of the molecule is CCCCc1cc(O)c([C@@H]2C=C(C)CC[C@H]2C)c(O)c1C(=O)O. The van der Waals surface area contributed by atoms with Crippen LogP contribution >= 0.6 is 0 Å². The van der Waals surface area contributed by atoms with E-state index < -0.39 is 5.97 Å². The summed E-state index contributed by atoms with van der Waals surface area (Å²) in [5.74, 6) is -1.31. The van der Waals surface area contributed by atoms with E-state index in [1.807, 2.05) is 19.9 Å². The molecule has 0 unspecified atom stereocenters. The van der Waals surface area contributed by atoms with Crippen LogP contribution < -0.4 is 0 Å². The number of phenolic OH excluding ortho intramolecular Hbond substituents is 1. The number of phenols is 2. The summed E-state index contributed by atoms with van der Waals surface area (Å²) in [5.41, 5.74) is 2.00. The summed E-state index contributed by atoms with van der Waals surface area (Å²) in [4.78, 5) is 11.6. The van der Waals surface area contributed by atoms with E-state index in [4.69, 9.17) is 0 Å². The lowest BCUT2D eigenvalue weighted by atomic mass is 9.76. The van der Waals surface area contributed by atoms with Crippen LogP contribution in [0.4, 0.5) is 0 Å². The smallest absolute Gasteiger partial charge is 0.339 e. The number of allylic oxidation sites excluding steroid dienone is 2. The fourth-order valence-electron chi connectivity index (χ4n) is 3.41. The molecule has 4 heteroatoms. The largest absolute Gasteiger partial charge is 0.507 e. The maximum atomic E-state index is 11.6. The van der Waals surface area contributed by atoms with Gasteiger partial charge in [0, 0.05) is 11.5 Å². The van der Waals surface area contributed by atoms with Crippen LogP contribution in [0.2, 0.25) is 0 Å². The zero-order chi connectivity index (χ0) is 17.1. The van der Waals surface area contributed by atoms with Crippen LogP contribution in [-0.2, 0) is 6.42 Å². The molecule has 4 nitrogen and oxygen atoms in total. The Morgan fingerprint density at radius 3 is 2.65 bits per heavy atom. The average Bonchev–Trinajstić information content (AvgIpc) is 2.47. The number of hydrogen-bond donors (Lipinski definition) is 3. The topological polar surface area (TPSA) is 77.8 Å². The van der Waals surface area contributed by atoms with Gasteiger partial charge < -0.3 is 15.3 Å². The van der Waals surface area contributed by atoms with E-state index in [9.17, 15) is 20.1 Å². The number of carbonyl (C=O) groups is 1. The van der Waals surface area contributed by atoms with Crippen LogP contribution in [0.1, 0.15) is 73.9 Å². The molecule has 2 atom stereocenters. The van der Waals surface area contributed by atoms with Gasteiger partial charge in [-0.15, -0.1) is 0 Å². The molecular weight excluding hydrogens is 292 g/mol. The fraction of sp³-hybridized carbons (Fsp3) is 0.526. The molecule has 1 aromatic rings. The molecule has 126 valence electrons. The van der Waals surface area contributed by atoms with Gasteiger partial charge in [-0.2, -0.15) is 0 Å². The number of benzene rings is 1. The van der Waals surface area contributed by atoms with Gasteiger partial charge in [0.1, 0.15) is 17.1 Å². The number of carboxylic acids is 1. The van der Waals surface area contributed by atoms with Crippen molar-refractivity contribution in [1.29, 1.82) is 0 Å². The highest BCUT2D eigenvalue weighted by Crippen LogP contribution is 2.46. The zero-order valence-corrected chi connectivity index (χ0v) is 14.1. The van der Waals surface area contributed by atoms with Crippen molar-refractivity contribution in [2.45, 2.75) is 58.8 Å². The van der Waals surface area contributed by atoms with Gasteiger partial charge in [-0.25, -0.2) is 4.79 Å². The van der Waals surface area contributed by atoms with Crippen LogP contribution in [0.15, 0.2) is 17.7 Å². The predicted molar refractivity (Wildman–Crippen MR) is 90.2 cm³/mol. The van der Waals surface area contributed by atoms with Crippen LogP contribution in [0.3, 0.4) is 0 Å². The third kappa shape index (κ3) is 3.52. The molecule has 0 aliphatic heterocycles. The van der Waals surface area contributed by atoms with E-state index in [1.54, 1.807) is 0 Å². The summed E-state index contributed by atoms with van der Waals surface area (Å²) in [6.07, 6.45) is 6.28. The highest BCUT2D eigenvalue weighted by molar-refractivity contribution is 5.94. The number of carboxylic acid groups (broad SMARTS) is 1. The third-order valence-corrected chi connectivity index (χ3v) is 4.82. The summed E-state index contributed by atoms with van der Waals surface area (Å²) >= 11 is 0. The quantitative estimate of drug-likeness (QED) is 0.693. The number of hydrogen-bond acceptors (Lipinski definition) is 3. The van der Waals surface area contributed by atoms with Gasteiger partial charge in [-0.1, -0.05) is 31.9 Å². The van der Waals surface area contributed by atoms with E-state index >= 15 is 0 Å². The molecule has 0 radical (unpaired) electrons. The molecule has 3 N–H and O–H groups in total. The number of rotatable bonds is 5. The molecule has 0 spiro atoms. The Labute approximate surface area is 137 Å². The Morgan fingerprint density at radius 1 is 1.35 bits per heavy atom. The molecule has 2 rings (SSSR count). The molecule has 0 aromatic heterocycles. The molecule has 0 saturated heterocycles. The van der Waals surface area contributed by atoms with E-state index in [-0.39, 0.29) is 28.9 Å². The second-order valence-corrected chi connectivity index (χ2v) is 6.66. The Hall–Kier alpha value is -1.97. The summed E-state index contributed by atoms with van der Waals surface area (Å²) in [6, 6.07) is 1.53. The highest BCUT2D eigenvalue weighted by Gasteiger charge is 2.30. The van der Waals surface area contributed by atoms with Crippen LogP contribution in [-0.4, -0.2) is 21.3 Å². The van der Waals surface area contributed by atoms with Gasteiger partial charge in [0.2, 0.25) is 0 Å². The normalized spacial score (nSPS) is 21.1. The molecule has 0 bridgehead atoms. The van der Waals surface area contributed by atoms with Crippen molar-refractivity contribution in [3.8, 4) is 11.5 Å².